The molecule has 0 radical (unpaired) electrons. The molecule has 2 aromatic rings. The summed E-state index contributed by atoms with van der Waals surface area (Å²) in [7, 11) is 1.78. The van der Waals surface area contributed by atoms with Crippen molar-refractivity contribution in [1.29, 1.82) is 0 Å². The first-order valence-electron chi connectivity index (χ1n) is 6.80. The van der Waals surface area contributed by atoms with Crippen molar-refractivity contribution in [1.82, 2.24) is 9.97 Å². The van der Waals surface area contributed by atoms with Crippen molar-refractivity contribution in [2.24, 2.45) is 0 Å². The smallest absolute Gasteiger partial charge is 0.157 e. The average molecular weight is 307 g/mol. The molecule has 0 saturated carbocycles. The van der Waals surface area contributed by atoms with Crippen LogP contribution in [0.5, 0.6) is 5.75 Å². The molecule has 0 aliphatic heterocycles. The highest BCUT2D eigenvalue weighted by atomic mass is 35.5. The molecule has 1 heterocycles. The van der Waals surface area contributed by atoms with Gasteiger partial charge in [0.05, 0.1) is 6.61 Å². The fourth-order valence-electron chi connectivity index (χ4n) is 2.00. The fraction of sp³-hybridized carbons (Fsp3) is 0.333. The molecule has 0 atom stereocenters. The van der Waals surface area contributed by atoms with Crippen LogP contribution in [0.1, 0.15) is 18.1 Å². The van der Waals surface area contributed by atoms with Crippen LogP contribution in [0, 0.1) is 6.92 Å². The molecule has 0 spiro atoms. The van der Waals surface area contributed by atoms with Gasteiger partial charge < -0.3 is 15.4 Å². The molecule has 6 heteroatoms. The normalized spacial score (nSPS) is 10.3. The van der Waals surface area contributed by atoms with E-state index in [0.29, 0.717) is 29.8 Å². The third-order valence-electron chi connectivity index (χ3n) is 3.02. The number of aryl methyl sites for hydroxylation is 1. The lowest BCUT2D eigenvalue weighted by atomic mass is 10.1. The van der Waals surface area contributed by atoms with Crippen molar-refractivity contribution in [2.45, 2.75) is 20.4 Å². The second-order valence-corrected chi connectivity index (χ2v) is 4.89. The minimum atomic E-state index is 0.393. The van der Waals surface area contributed by atoms with Crippen LogP contribution in [0.4, 0.5) is 11.5 Å². The molecule has 1 aromatic carbocycles. The van der Waals surface area contributed by atoms with Gasteiger partial charge in [-0.15, -0.1) is 0 Å². The van der Waals surface area contributed by atoms with E-state index in [1.165, 1.54) is 11.9 Å². The Morgan fingerprint density at radius 3 is 2.81 bits per heavy atom. The Kier molecular flexibility index (Phi) is 5.22. The first kappa shape index (κ1) is 15.4. The van der Waals surface area contributed by atoms with E-state index in [2.05, 4.69) is 32.7 Å². The largest absolute Gasteiger partial charge is 0.494 e. The van der Waals surface area contributed by atoms with Crippen LogP contribution in [0.3, 0.4) is 0 Å². The highest BCUT2D eigenvalue weighted by molar-refractivity contribution is 6.32. The third-order valence-corrected chi connectivity index (χ3v) is 3.31. The monoisotopic (exact) mass is 306 g/mol. The minimum absolute atomic E-state index is 0.393. The summed E-state index contributed by atoms with van der Waals surface area (Å²) in [6.45, 7) is 5.25. The number of hydrogen-bond donors (Lipinski definition) is 2. The van der Waals surface area contributed by atoms with Crippen molar-refractivity contribution in [3.8, 4) is 5.75 Å². The maximum atomic E-state index is 6.03. The number of rotatable bonds is 6. The van der Waals surface area contributed by atoms with Gasteiger partial charge >= 0.3 is 0 Å². The summed E-state index contributed by atoms with van der Waals surface area (Å²) in [4.78, 5) is 8.16. The topological polar surface area (TPSA) is 59.1 Å². The van der Waals surface area contributed by atoms with E-state index in [-0.39, 0.29) is 0 Å². The molecule has 21 heavy (non-hydrogen) atoms. The maximum Gasteiger partial charge on any atom is 0.157 e. The van der Waals surface area contributed by atoms with E-state index in [1.54, 1.807) is 7.05 Å². The molecule has 112 valence electrons. The van der Waals surface area contributed by atoms with E-state index >= 15 is 0 Å². The zero-order valence-corrected chi connectivity index (χ0v) is 13.2. The Bertz CT molecular complexity index is 619. The minimum Gasteiger partial charge on any atom is -0.494 e. The summed E-state index contributed by atoms with van der Waals surface area (Å²) < 4.78 is 5.67. The Morgan fingerprint density at radius 2 is 2.10 bits per heavy atom. The number of nitrogens with one attached hydrogen (secondary N) is 2. The van der Waals surface area contributed by atoms with Gasteiger partial charge in [0.15, 0.2) is 11.0 Å². The van der Waals surface area contributed by atoms with Crippen LogP contribution in [0.2, 0.25) is 5.15 Å². The van der Waals surface area contributed by atoms with Crippen LogP contribution in [-0.4, -0.2) is 23.6 Å². The lowest BCUT2D eigenvalue weighted by Crippen LogP contribution is -2.07. The van der Waals surface area contributed by atoms with Gasteiger partial charge in [0, 0.05) is 19.2 Å². The molecule has 2 rings (SSSR count). The number of benzene rings is 1. The van der Waals surface area contributed by atoms with Crippen LogP contribution in [0.15, 0.2) is 24.5 Å². The molecule has 0 bridgehead atoms. The average Bonchev–Trinajstić information content (AvgIpc) is 2.47. The number of anilines is 2. The first-order chi connectivity index (χ1) is 10.2. The van der Waals surface area contributed by atoms with Gasteiger partial charge in [-0.2, -0.15) is 0 Å². The lowest BCUT2D eigenvalue weighted by molar-refractivity contribution is 0.336. The van der Waals surface area contributed by atoms with Crippen LogP contribution >= 0.6 is 11.6 Å². The van der Waals surface area contributed by atoms with Gasteiger partial charge in [-0.25, -0.2) is 9.97 Å². The highest BCUT2D eigenvalue weighted by Crippen LogP contribution is 2.27. The molecular formula is C15H19ClN4O. The van der Waals surface area contributed by atoms with Crippen molar-refractivity contribution in [3.63, 3.8) is 0 Å². The molecule has 0 unspecified atom stereocenters. The third kappa shape index (κ3) is 3.76. The number of aromatic nitrogens is 2. The molecular weight excluding hydrogens is 288 g/mol. The first-order valence-corrected chi connectivity index (χ1v) is 7.18. The van der Waals surface area contributed by atoms with Crippen molar-refractivity contribution in [3.05, 3.63) is 40.8 Å². The Labute approximate surface area is 129 Å². The standard InChI is InChI=1S/C15H19ClN4O/c1-4-21-12-7-10(2)5-6-11(12)8-18-15-13(17-3)14(16)19-9-20-15/h5-7,9,17H,4,8H2,1-3H3,(H,18,19,20). The number of nitrogens with zero attached hydrogens (tertiary/aromatic N) is 2. The molecule has 0 aliphatic rings. The van der Waals surface area contributed by atoms with E-state index < -0.39 is 0 Å². The van der Waals surface area contributed by atoms with E-state index in [0.717, 1.165) is 11.3 Å². The molecule has 2 N–H and O–H groups in total. The Morgan fingerprint density at radius 1 is 1.29 bits per heavy atom. The van der Waals surface area contributed by atoms with Crippen molar-refractivity contribution < 1.29 is 4.74 Å². The summed E-state index contributed by atoms with van der Waals surface area (Å²) in [5, 5.41) is 6.65. The fourth-order valence-corrected chi connectivity index (χ4v) is 2.22. The van der Waals surface area contributed by atoms with Crippen LogP contribution in [0.25, 0.3) is 0 Å². The number of ether oxygens (including phenoxy) is 1. The molecule has 0 amide bonds. The number of halogens is 1. The summed E-state index contributed by atoms with van der Waals surface area (Å²) in [5.74, 6) is 1.55. The SMILES string of the molecule is CCOc1cc(C)ccc1CNc1ncnc(Cl)c1NC. The van der Waals surface area contributed by atoms with Gasteiger partial charge in [0.25, 0.3) is 0 Å². The summed E-state index contributed by atoms with van der Waals surface area (Å²) in [6, 6.07) is 6.15. The molecule has 0 aliphatic carbocycles. The van der Waals surface area contributed by atoms with Crippen molar-refractivity contribution in [2.75, 3.05) is 24.3 Å². The van der Waals surface area contributed by atoms with E-state index in [9.17, 15) is 0 Å². The van der Waals surface area contributed by atoms with E-state index in [4.69, 9.17) is 16.3 Å². The highest BCUT2D eigenvalue weighted by Gasteiger charge is 2.09. The van der Waals surface area contributed by atoms with Gasteiger partial charge in [-0.05, 0) is 25.5 Å². The molecule has 0 fully saturated rings. The van der Waals surface area contributed by atoms with Crippen LogP contribution < -0.4 is 15.4 Å². The van der Waals surface area contributed by atoms with E-state index in [1.807, 2.05) is 19.9 Å². The van der Waals surface area contributed by atoms with Crippen LogP contribution in [-0.2, 0) is 6.54 Å². The zero-order chi connectivity index (χ0) is 15.2. The lowest BCUT2D eigenvalue weighted by Gasteiger charge is -2.14. The van der Waals surface area contributed by atoms with Gasteiger partial charge in [0.1, 0.15) is 17.8 Å². The number of hydrogen-bond acceptors (Lipinski definition) is 5. The second kappa shape index (κ2) is 7.13. The van der Waals surface area contributed by atoms with Crippen molar-refractivity contribution >= 4 is 23.1 Å². The Balaban J connectivity index is 2.18. The van der Waals surface area contributed by atoms with Gasteiger partial charge in [-0.1, -0.05) is 23.7 Å². The summed E-state index contributed by atoms with van der Waals surface area (Å²) in [6.07, 6.45) is 1.43. The molecule has 5 nitrogen and oxygen atoms in total. The zero-order valence-electron chi connectivity index (χ0n) is 12.4. The second-order valence-electron chi connectivity index (χ2n) is 4.54. The molecule has 1 aromatic heterocycles. The predicted octanol–water partition coefficient (Wildman–Crippen LogP) is 3.49. The quantitative estimate of drug-likeness (QED) is 0.800. The summed E-state index contributed by atoms with van der Waals surface area (Å²) in [5.41, 5.74) is 2.92. The van der Waals surface area contributed by atoms with Gasteiger partial charge in [-0.3, -0.25) is 0 Å². The maximum absolute atomic E-state index is 6.03. The molecule has 0 saturated heterocycles. The Hall–Kier alpha value is -2.01. The summed E-state index contributed by atoms with van der Waals surface area (Å²) >= 11 is 6.03. The predicted molar refractivity (Wildman–Crippen MR) is 86.3 cm³/mol. The van der Waals surface area contributed by atoms with Gasteiger partial charge in [0.2, 0.25) is 0 Å².